The highest BCUT2D eigenvalue weighted by molar-refractivity contribution is 6.01. The number of halogens is 2. The van der Waals surface area contributed by atoms with Gasteiger partial charge in [-0.3, -0.25) is 9.59 Å². The number of carbonyl (C=O) groups excluding carboxylic acids is 2. The number of aliphatic hydroxyl groups excluding tert-OH is 2. The number of fused-ring (bicyclic) bond motifs is 6. The molecule has 4 aliphatic rings. The summed E-state index contributed by atoms with van der Waals surface area (Å²) in [4.78, 5) is 25.4. The summed E-state index contributed by atoms with van der Waals surface area (Å²) in [5.41, 5.74) is -2.66. The van der Waals surface area contributed by atoms with E-state index in [1.165, 1.54) is 17.2 Å². The molecule has 1 heterocycles. The fourth-order valence-electron chi connectivity index (χ4n) is 9.38. The molecule has 3 saturated carbocycles. The van der Waals surface area contributed by atoms with E-state index in [1.54, 1.807) is 6.92 Å². The third-order valence-electron chi connectivity index (χ3n) is 11.1. The van der Waals surface area contributed by atoms with E-state index < -0.39 is 70.6 Å². The SMILES string of the molecule is Cn1cc(CN(O)C[C@@H]2CC3[C@@H]4C[C@H](F)C5=CC(=O)C=C[C@]5(C)[C@@]4(F)[C@@H](O)C[C@]3(C)[C@H]2C(=O)CO)c2ccccc21. The highest BCUT2D eigenvalue weighted by Crippen LogP contribution is 2.70. The summed E-state index contributed by atoms with van der Waals surface area (Å²) in [5, 5.41) is 34.7. The summed E-state index contributed by atoms with van der Waals surface area (Å²) in [6.07, 6.45) is 2.76. The maximum Gasteiger partial charge on any atom is 0.178 e. The van der Waals surface area contributed by atoms with Crippen molar-refractivity contribution in [2.45, 2.75) is 57.6 Å². The van der Waals surface area contributed by atoms with Gasteiger partial charge in [-0.2, -0.15) is 5.06 Å². The third-order valence-corrected chi connectivity index (χ3v) is 11.1. The van der Waals surface area contributed by atoms with Crippen LogP contribution in [0, 0.1) is 34.5 Å². The summed E-state index contributed by atoms with van der Waals surface area (Å²) < 4.78 is 35.2. The van der Waals surface area contributed by atoms with Gasteiger partial charge in [0.1, 0.15) is 12.8 Å². The number of para-hydroxylation sites is 1. The normalized spacial score (nSPS) is 39.9. The van der Waals surface area contributed by atoms with Crippen LogP contribution in [0.1, 0.15) is 38.7 Å². The minimum atomic E-state index is -2.24. The van der Waals surface area contributed by atoms with Crippen LogP contribution < -0.4 is 0 Å². The molecule has 0 aliphatic heterocycles. The fourth-order valence-corrected chi connectivity index (χ4v) is 9.38. The summed E-state index contributed by atoms with van der Waals surface area (Å²) in [5.74, 6) is -3.40. The van der Waals surface area contributed by atoms with Crippen LogP contribution >= 0.6 is 0 Å². The van der Waals surface area contributed by atoms with Gasteiger partial charge in [0.15, 0.2) is 17.2 Å². The second-order valence-corrected chi connectivity index (χ2v) is 13.2. The molecule has 220 valence electrons. The van der Waals surface area contributed by atoms with Crippen molar-refractivity contribution in [3.8, 4) is 0 Å². The number of aromatic nitrogens is 1. The number of ketones is 2. The standard InChI is InChI=1S/C32H38F2N2O5/c1-30-13-28(40)32(34)23(12-25(33)24-11-20(38)8-9-31(24,32)2)22(30)10-18(29(30)27(39)17-37)15-36(41)16-19-14-35(3)26-7-5-4-6-21(19)26/h4-9,11,14,18,22-23,25,28-29,37,40-41H,10,12-13,15-17H2,1-3H3/t18-,22?,23-,25-,28-,29+,30-,31-,32-/m0/s1. The second kappa shape index (κ2) is 9.66. The van der Waals surface area contributed by atoms with E-state index >= 15 is 8.78 Å². The number of aryl methyl sites for hydroxylation is 1. The average Bonchev–Trinajstić information content (AvgIpc) is 3.39. The Labute approximate surface area is 238 Å². The highest BCUT2D eigenvalue weighted by atomic mass is 19.1. The Kier molecular flexibility index (Phi) is 6.69. The second-order valence-electron chi connectivity index (χ2n) is 13.2. The number of hydroxylamine groups is 2. The van der Waals surface area contributed by atoms with Gasteiger partial charge in [-0.15, -0.1) is 0 Å². The van der Waals surface area contributed by atoms with Gasteiger partial charge in [0.2, 0.25) is 0 Å². The summed E-state index contributed by atoms with van der Waals surface area (Å²) >= 11 is 0. The molecule has 2 aromatic rings. The number of Topliss-reactive ketones (excluding diaryl/α,β-unsaturated/α-hetero) is 1. The number of aliphatic hydroxyl groups is 2. The number of benzene rings is 1. The molecule has 1 aromatic heterocycles. The molecule has 1 aromatic carbocycles. The van der Waals surface area contributed by atoms with Crippen molar-refractivity contribution < 1.29 is 33.8 Å². The molecule has 1 unspecified atom stereocenters. The molecule has 41 heavy (non-hydrogen) atoms. The molecular weight excluding hydrogens is 530 g/mol. The number of alkyl halides is 2. The molecule has 0 saturated heterocycles. The van der Waals surface area contributed by atoms with Crippen molar-refractivity contribution in [1.29, 1.82) is 0 Å². The van der Waals surface area contributed by atoms with Crippen molar-refractivity contribution in [3.63, 3.8) is 0 Å². The summed E-state index contributed by atoms with van der Waals surface area (Å²) in [6, 6.07) is 7.86. The van der Waals surface area contributed by atoms with Crippen molar-refractivity contribution >= 4 is 22.5 Å². The zero-order valence-electron chi connectivity index (χ0n) is 23.6. The zero-order chi connectivity index (χ0) is 29.5. The number of allylic oxidation sites excluding steroid dienone is 4. The molecule has 0 spiro atoms. The van der Waals surface area contributed by atoms with E-state index in [0.29, 0.717) is 6.42 Å². The lowest BCUT2D eigenvalue weighted by molar-refractivity contribution is -0.202. The van der Waals surface area contributed by atoms with E-state index in [-0.39, 0.29) is 31.5 Å². The fraction of sp³-hybridized carbons (Fsp3) is 0.562. The quantitative estimate of drug-likeness (QED) is 0.454. The molecule has 0 radical (unpaired) electrons. The Balaban J connectivity index is 1.33. The lowest BCUT2D eigenvalue weighted by atomic mass is 9.45. The Morgan fingerprint density at radius 1 is 1.20 bits per heavy atom. The average molecular weight is 569 g/mol. The first kappa shape index (κ1) is 28.4. The Hall–Kier alpha value is -2.72. The van der Waals surface area contributed by atoms with Crippen molar-refractivity contribution in [1.82, 2.24) is 9.63 Å². The Morgan fingerprint density at radius 2 is 1.93 bits per heavy atom. The monoisotopic (exact) mass is 568 g/mol. The van der Waals surface area contributed by atoms with Gasteiger partial charge < -0.3 is 20.0 Å². The molecule has 4 aliphatic carbocycles. The van der Waals surface area contributed by atoms with Crippen LogP contribution in [0.5, 0.6) is 0 Å². The van der Waals surface area contributed by atoms with Crippen LogP contribution in [0.25, 0.3) is 10.9 Å². The molecule has 9 heteroatoms. The predicted octanol–water partition coefficient (Wildman–Crippen LogP) is 4.09. The minimum absolute atomic E-state index is 0.0477. The number of carbonyl (C=O) groups is 2. The number of rotatable bonds is 6. The lowest BCUT2D eigenvalue weighted by Crippen LogP contribution is -2.68. The van der Waals surface area contributed by atoms with Gasteiger partial charge >= 0.3 is 0 Å². The van der Waals surface area contributed by atoms with E-state index in [1.807, 2.05) is 49.0 Å². The summed E-state index contributed by atoms with van der Waals surface area (Å²) in [7, 11) is 1.93. The predicted molar refractivity (Wildman–Crippen MR) is 148 cm³/mol. The third kappa shape index (κ3) is 3.96. The number of hydrogen-bond acceptors (Lipinski definition) is 6. The smallest absolute Gasteiger partial charge is 0.178 e. The van der Waals surface area contributed by atoms with Crippen LogP contribution in [0.2, 0.25) is 0 Å². The van der Waals surface area contributed by atoms with Gasteiger partial charge in [-0.1, -0.05) is 31.2 Å². The van der Waals surface area contributed by atoms with Gasteiger partial charge in [0, 0.05) is 47.9 Å². The van der Waals surface area contributed by atoms with Gasteiger partial charge in [0.25, 0.3) is 0 Å². The molecule has 3 N–H and O–H groups in total. The van der Waals surface area contributed by atoms with Crippen LogP contribution in [-0.4, -0.2) is 67.7 Å². The topological polar surface area (TPSA) is 103 Å². The molecule has 0 amide bonds. The van der Waals surface area contributed by atoms with Crippen LogP contribution in [0.15, 0.2) is 54.3 Å². The van der Waals surface area contributed by atoms with Crippen LogP contribution in [0.3, 0.4) is 0 Å². The van der Waals surface area contributed by atoms with Gasteiger partial charge in [-0.25, -0.2) is 8.78 Å². The number of nitrogens with zero attached hydrogens (tertiary/aromatic N) is 2. The van der Waals surface area contributed by atoms with E-state index in [4.69, 9.17) is 0 Å². The maximum absolute atomic E-state index is 17.5. The number of hydrogen-bond donors (Lipinski definition) is 3. The maximum atomic E-state index is 17.5. The first-order valence-electron chi connectivity index (χ1n) is 14.4. The van der Waals surface area contributed by atoms with E-state index in [2.05, 4.69) is 0 Å². The van der Waals surface area contributed by atoms with Crippen LogP contribution in [0.4, 0.5) is 8.78 Å². The van der Waals surface area contributed by atoms with E-state index in [9.17, 15) is 25.0 Å². The first-order valence-corrected chi connectivity index (χ1v) is 14.4. The zero-order valence-corrected chi connectivity index (χ0v) is 23.6. The van der Waals surface area contributed by atoms with Gasteiger partial charge in [-0.05, 0) is 72.8 Å². The van der Waals surface area contributed by atoms with Crippen molar-refractivity contribution in [2.75, 3.05) is 13.2 Å². The minimum Gasteiger partial charge on any atom is -0.390 e. The van der Waals surface area contributed by atoms with Crippen molar-refractivity contribution in [3.05, 3.63) is 59.8 Å². The lowest BCUT2D eigenvalue weighted by Gasteiger charge is -2.62. The molecule has 9 atom stereocenters. The Morgan fingerprint density at radius 3 is 2.66 bits per heavy atom. The molecule has 0 bridgehead atoms. The molecule has 3 fully saturated rings. The highest BCUT2D eigenvalue weighted by Gasteiger charge is 2.73. The summed E-state index contributed by atoms with van der Waals surface area (Å²) in [6.45, 7) is 2.99. The van der Waals surface area contributed by atoms with Crippen molar-refractivity contribution in [2.24, 2.45) is 41.5 Å². The molecular formula is C32H38F2N2O5. The Bertz CT molecular complexity index is 1470. The van der Waals surface area contributed by atoms with Gasteiger partial charge in [0.05, 0.1) is 12.6 Å². The van der Waals surface area contributed by atoms with Crippen LogP contribution in [-0.2, 0) is 23.2 Å². The first-order chi connectivity index (χ1) is 19.3. The largest absolute Gasteiger partial charge is 0.390 e. The van der Waals surface area contributed by atoms with E-state index in [0.717, 1.165) is 22.5 Å². The molecule has 6 rings (SSSR count). The molecule has 7 nitrogen and oxygen atoms in total.